The molecule has 1 saturated heterocycles. The van der Waals surface area contributed by atoms with Gasteiger partial charge in [0.1, 0.15) is 0 Å². The Bertz CT molecular complexity index is 193. The van der Waals surface area contributed by atoms with E-state index in [9.17, 15) is 0 Å². The minimum absolute atomic E-state index is 0.408. The Kier molecular flexibility index (Phi) is 5.77. The molecule has 0 aliphatic carbocycles. The first kappa shape index (κ1) is 14.0. The highest BCUT2D eigenvalue weighted by Crippen LogP contribution is 2.39. The Morgan fingerprint density at radius 1 is 1.44 bits per heavy atom. The zero-order valence-electron chi connectivity index (χ0n) is 11.5. The molecule has 1 heterocycles. The van der Waals surface area contributed by atoms with Crippen LogP contribution in [0.5, 0.6) is 0 Å². The Balaban J connectivity index is 2.43. The molecule has 0 aromatic rings. The van der Waals surface area contributed by atoms with Crippen LogP contribution in [0.1, 0.15) is 53.4 Å². The molecule has 2 heteroatoms. The largest absolute Gasteiger partial charge is 0.378 e. The van der Waals surface area contributed by atoms with Crippen molar-refractivity contribution >= 4 is 0 Å². The van der Waals surface area contributed by atoms with Crippen LogP contribution in [0.3, 0.4) is 0 Å². The van der Waals surface area contributed by atoms with Gasteiger partial charge in [-0.05, 0) is 32.2 Å². The zero-order valence-corrected chi connectivity index (χ0v) is 11.5. The topological polar surface area (TPSA) is 21.3 Å². The number of nitrogens with one attached hydrogen (secondary N) is 1. The molecule has 0 aromatic carbocycles. The molecule has 1 rings (SSSR count). The molecule has 2 atom stereocenters. The van der Waals surface area contributed by atoms with Crippen molar-refractivity contribution in [1.29, 1.82) is 0 Å². The van der Waals surface area contributed by atoms with E-state index >= 15 is 0 Å². The fourth-order valence-corrected chi connectivity index (χ4v) is 2.61. The highest BCUT2D eigenvalue weighted by molar-refractivity contribution is 4.91. The summed E-state index contributed by atoms with van der Waals surface area (Å²) in [5.74, 6) is 0.737. The number of hydrogen-bond acceptors (Lipinski definition) is 2. The van der Waals surface area contributed by atoms with Gasteiger partial charge in [0.05, 0.1) is 6.10 Å². The fraction of sp³-hybridized carbons (Fsp3) is 1.00. The van der Waals surface area contributed by atoms with Crippen LogP contribution in [0, 0.1) is 11.3 Å². The normalized spacial score (nSPS) is 30.2. The molecule has 1 fully saturated rings. The van der Waals surface area contributed by atoms with Crippen molar-refractivity contribution in [3.63, 3.8) is 0 Å². The zero-order chi connectivity index (χ0) is 12.0. The van der Waals surface area contributed by atoms with Crippen LogP contribution in [-0.2, 0) is 4.74 Å². The maximum atomic E-state index is 5.78. The summed E-state index contributed by atoms with van der Waals surface area (Å²) in [6.45, 7) is 12.3. The first-order chi connectivity index (χ1) is 7.60. The van der Waals surface area contributed by atoms with Gasteiger partial charge in [-0.25, -0.2) is 0 Å². The Morgan fingerprint density at radius 3 is 2.69 bits per heavy atom. The molecule has 1 aliphatic heterocycles. The third-order valence-corrected chi connectivity index (χ3v) is 3.89. The summed E-state index contributed by atoms with van der Waals surface area (Å²) in [6.07, 6.45) is 5.60. The summed E-state index contributed by atoms with van der Waals surface area (Å²) in [4.78, 5) is 0. The van der Waals surface area contributed by atoms with E-state index in [0.29, 0.717) is 11.5 Å². The van der Waals surface area contributed by atoms with Crippen molar-refractivity contribution in [3.05, 3.63) is 0 Å². The van der Waals surface area contributed by atoms with Gasteiger partial charge in [-0.3, -0.25) is 0 Å². The smallest absolute Gasteiger partial charge is 0.0616 e. The van der Waals surface area contributed by atoms with Gasteiger partial charge in [-0.2, -0.15) is 0 Å². The Morgan fingerprint density at radius 2 is 2.19 bits per heavy atom. The molecule has 2 unspecified atom stereocenters. The number of rotatable bonds is 7. The van der Waals surface area contributed by atoms with Crippen LogP contribution in [0.25, 0.3) is 0 Å². The predicted octanol–water partition coefficient (Wildman–Crippen LogP) is 3.22. The molecule has 0 aromatic heterocycles. The standard InChI is InChI=1S/C14H29NO/c1-5-6-7-14(8-9-16-13(14)4)11-15-10-12(2)3/h12-13,15H,5-11H2,1-4H3. The summed E-state index contributed by atoms with van der Waals surface area (Å²) in [5, 5.41) is 3.63. The van der Waals surface area contributed by atoms with Crippen molar-refractivity contribution in [1.82, 2.24) is 5.32 Å². The van der Waals surface area contributed by atoms with Crippen molar-refractivity contribution in [2.45, 2.75) is 59.5 Å². The first-order valence-corrected chi connectivity index (χ1v) is 6.93. The summed E-state index contributed by atoms with van der Waals surface area (Å²) in [5.41, 5.74) is 0.408. The Hall–Kier alpha value is -0.0800. The molecular formula is C14H29NO. The summed E-state index contributed by atoms with van der Waals surface area (Å²) >= 11 is 0. The van der Waals surface area contributed by atoms with Crippen molar-refractivity contribution in [3.8, 4) is 0 Å². The van der Waals surface area contributed by atoms with Gasteiger partial charge in [0, 0.05) is 18.6 Å². The number of unbranched alkanes of at least 4 members (excludes halogenated alkanes) is 1. The lowest BCUT2D eigenvalue weighted by atomic mass is 9.77. The van der Waals surface area contributed by atoms with Crippen molar-refractivity contribution in [2.24, 2.45) is 11.3 Å². The molecule has 96 valence electrons. The molecule has 16 heavy (non-hydrogen) atoms. The minimum Gasteiger partial charge on any atom is -0.378 e. The highest BCUT2D eigenvalue weighted by atomic mass is 16.5. The second-order valence-electron chi connectivity index (χ2n) is 5.75. The molecule has 0 bridgehead atoms. The monoisotopic (exact) mass is 227 g/mol. The van der Waals surface area contributed by atoms with E-state index in [1.807, 2.05) is 0 Å². The lowest BCUT2D eigenvalue weighted by Crippen LogP contribution is -2.40. The summed E-state index contributed by atoms with van der Waals surface area (Å²) in [7, 11) is 0. The molecule has 1 N–H and O–H groups in total. The molecule has 2 nitrogen and oxygen atoms in total. The van der Waals surface area contributed by atoms with Gasteiger partial charge in [0.15, 0.2) is 0 Å². The molecule has 0 spiro atoms. The summed E-state index contributed by atoms with van der Waals surface area (Å²) < 4.78 is 5.78. The van der Waals surface area contributed by atoms with Gasteiger partial charge in [0.2, 0.25) is 0 Å². The summed E-state index contributed by atoms with van der Waals surface area (Å²) in [6, 6.07) is 0. The second-order valence-corrected chi connectivity index (χ2v) is 5.75. The van der Waals surface area contributed by atoms with Crippen LogP contribution in [0.15, 0.2) is 0 Å². The predicted molar refractivity (Wildman–Crippen MR) is 69.7 cm³/mol. The second kappa shape index (κ2) is 6.61. The van der Waals surface area contributed by atoms with Gasteiger partial charge >= 0.3 is 0 Å². The molecule has 0 saturated carbocycles. The van der Waals surface area contributed by atoms with Gasteiger partial charge in [-0.15, -0.1) is 0 Å². The fourth-order valence-electron chi connectivity index (χ4n) is 2.61. The van der Waals surface area contributed by atoms with Crippen LogP contribution < -0.4 is 5.32 Å². The molecule has 0 radical (unpaired) electrons. The average molecular weight is 227 g/mol. The van der Waals surface area contributed by atoms with Crippen molar-refractivity contribution < 1.29 is 4.74 Å². The minimum atomic E-state index is 0.408. The third-order valence-electron chi connectivity index (χ3n) is 3.89. The van der Waals surface area contributed by atoms with Crippen molar-refractivity contribution in [2.75, 3.05) is 19.7 Å². The van der Waals surface area contributed by atoms with Gasteiger partial charge < -0.3 is 10.1 Å². The first-order valence-electron chi connectivity index (χ1n) is 6.93. The number of hydrogen-bond donors (Lipinski definition) is 1. The van der Waals surface area contributed by atoms with Crippen LogP contribution in [0.2, 0.25) is 0 Å². The third kappa shape index (κ3) is 3.74. The maximum Gasteiger partial charge on any atom is 0.0616 e. The van der Waals surface area contributed by atoms with E-state index < -0.39 is 0 Å². The Labute approximate surface area is 101 Å². The number of ether oxygens (including phenoxy) is 1. The molecule has 0 amide bonds. The quantitative estimate of drug-likeness (QED) is 0.721. The van der Waals surface area contributed by atoms with Crippen LogP contribution in [0.4, 0.5) is 0 Å². The maximum absolute atomic E-state index is 5.78. The van der Waals surface area contributed by atoms with Gasteiger partial charge in [0.25, 0.3) is 0 Å². The van der Waals surface area contributed by atoms with E-state index in [-0.39, 0.29) is 0 Å². The lowest BCUT2D eigenvalue weighted by Gasteiger charge is -2.33. The van der Waals surface area contributed by atoms with Gasteiger partial charge in [-0.1, -0.05) is 33.6 Å². The van der Waals surface area contributed by atoms with E-state index in [1.165, 1.54) is 25.7 Å². The highest BCUT2D eigenvalue weighted by Gasteiger charge is 2.40. The molecule has 1 aliphatic rings. The van der Waals surface area contributed by atoms with E-state index in [0.717, 1.165) is 25.6 Å². The lowest BCUT2D eigenvalue weighted by molar-refractivity contribution is 0.0569. The van der Waals surface area contributed by atoms with E-state index in [4.69, 9.17) is 4.74 Å². The van der Waals surface area contributed by atoms with E-state index in [2.05, 4.69) is 33.0 Å². The van der Waals surface area contributed by atoms with Crippen LogP contribution in [-0.4, -0.2) is 25.8 Å². The average Bonchev–Trinajstić information content (AvgIpc) is 2.58. The molecular weight excluding hydrogens is 198 g/mol. The van der Waals surface area contributed by atoms with E-state index in [1.54, 1.807) is 0 Å². The van der Waals surface area contributed by atoms with Crippen LogP contribution >= 0.6 is 0 Å². The SMILES string of the molecule is CCCCC1(CNCC(C)C)CCOC1C.